The van der Waals surface area contributed by atoms with Crippen LogP contribution in [0.3, 0.4) is 0 Å². The zero-order valence-electron chi connectivity index (χ0n) is 11.3. The lowest BCUT2D eigenvalue weighted by Crippen LogP contribution is -2.33. The summed E-state index contributed by atoms with van der Waals surface area (Å²) in [4.78, 5) is 4.40. The van der Waals surface area contributed by atoms with Crippen molar-refractivity contribution in [2.24, 2.45) is 5.92 Å². The van der Waals surface area contributed by atoms with E-state index in [1.54, 1.807) is 0 Å². The second-order valence-corrected chi connectivity index (χ2v) is 7.09. The number of rotatable bonds is 7. The Balaban J connectivity index is 1.69. The third kappa shape index (κ3) is 4.21. The number of aromatic nitrogens is 2. The van der Waals surface area contributed by atoms with E-state index >= 15 is 0 Å². The first kappa shape index (κ1) is 14.3. The highest BCUT2D eigenvalue weighted by molar-refractivity contribution is 8.00. The molecule has 0 aliphatic heterocycles. The molecule has 1 aromatic rings. The minimum atomic E-state index is 0.765. The van der Waals surface area contributed by atoms with Crippen LogP contribution in [-0.2, 0) is 0 Å². The Morgan fingerprint density at radius 3 is 3.06 bits per heavy atom. The molecule has 1 aromatic heterocycles. The van der Waals surface area contributed by atoms with Gasteiger partial charge in [-0.1, -0.05) is 25.1 Å². The molecule has 3 nitrogen and oxygen atoms in total. The van der Waals surface area contributed by atoms with Crippen molar-refractivity contribution in [1.82, 2.24) is 14.7 Å². The number of hydrogen-bond acceptors (Lipinski definition) is 5. The van der Waals surface area contributed by atoms with Crippen LogP contribution in [0.25, 0.3) is 0 Å². The maximum absolute atomic E-state index is 4.40. The van der Waals surface area contributed by atoms with Crippen molar-refractivity contribution >= 4 is 23.3 Å². The van der Waals surface area contributed by atoms with Gasteiger partial charge >= 0.3 is 0 Å². The summed E-state index contributed by atoms with van der Waals surface area (Å²) in [5.74, 6) is 2.97. The molecule has 1 fully saturated rings. The van der Waals surface area contributed by atoms with Gasteiger partial charge in [0.1, 0.15) is 5.82 Å². The van der Waals surface area contributed by atoms with E-state index in [2.05, 4.69) is 21.6 Å². The molecule has 1 heterocycles. The molecule has 0 spiro atoms. The quantitative estimate of drug-likeness (QED) is 0.778. The van der Waals surface area contributed by atoms with Crippen LogP contribution >= 0.6 is 23.3 Å². The van der Waals surface area contributed by atoms with Gasteiger partial charge in [-0.05, 0) is 56.6 Å². The molecule has 0 bridgehead atoms. The highest BCUT2D eigenvalue weighted by atomic mass is 32.2. The molecule has 5 heteroatoms. The second-order valence-electron chi connectivity index (χ2n) is 5.00. The average molecular weight is 285 g/mol. The van der Waals surface area contributed by atoms with Gasteiger partial charge in [-0.25, -0.2) is 4.98 Å². The SMILES string of the molecule is CCCNC1CCCC1CCSc1nc(C)ns1. The highest BCUT2D eigenvalue weighted by Gasteiger charge is 2.26. The summed E-state index contributed by atoms with van der Waals surface area (Å²) in [5.41, 5.74) is 0. The van der Waals surface area contributed by atoms with Crippen molar-refractivity contribution in [3.05, 3.63) is 5.82 Å². The second kappa shape index (κ2) is 7.46. The van der Waals surface area contributed by atoms with Crippen LogP contribution in [0.1, 0.15) is 44.9 Å². The van der Waals surface area contributed by atoms with Gasteiger partial charge in [0.2, 0.25) is 0 Å². The highest BCUT2D eigenvalue weighted by Crippen LogP contribution is 2.31. The lowest BCUT2D eigenvalue weighted by atomic mass is 10.0. The minimum Gasteiger partial charge on any atom is -0.314 e. The van der Waals surface area contributed by atoms with E-state index in [1.807, 2.05) is 18.7 Å². The fourth-order valence-electron chi connectivity index (χ4n) is 2.62. The van der Waals surface area contributed by atoms with Crippen LogP contribution in [-0.4, -0.2) is 27.7 Å². The fraction of sp³-hybridized carbons (Fsp3) is 0.846. The first-order valence-electron chi connectivity index (χ1n) is 6.96. The van der Waals surface area contributed by atoms with E-state index in [1.165, 1.54) is 55.9 Å². The van der Waals surface area contributed by atoms with Crippen molar-refractivity contribution in [1.29, 1.82) is 0 Å². The summed E-state index contributed by atoms with van der Waals surface area (Å²) in [6, 6.07) is 0.765. The third-order valence-corrected chi connectivity index (χ3v) is 5.50. The molecule has 2 unspecified atom stereocenters. The molecule has 2 rings (SSSR count). The van der Waals surface area contributed by atoms with Crippen molar-refractivity contribution < 1.29 is 0 Å². The van der Waals surface area contributed by atoms with Gasteiger partial charge in [0, 0.05) is 11.8 Å². The van der Waals surface area contributed by atoms with E-state index < -0.39 is 0 Å². The Morgan fingerprint density at radius 1 is 1.44 bits per heavy atom. The number of nitrogens with one attached hydrogen (secondary N) is 1. The molecule has 1 aliphatic carbocycles. The van der Waals surface area contributed by atoms with Crippen molar-refractivity contribution in [2.45, 2.75) is 56.3 Å². The van der Waals surface area contributed by atoms with E-state index in [0.717, 1.165) is 22.1 Å². The van der Waals surface area contributed by atoms with Crippen LogP contribution < -0.4 is 5.32 Å². The number of hydrogen-bond donors (Lipinski definition) is 1. The molecule has 0 radical (unpaired) electrons. The molecule has 1 N–H and O–H groups in total. The molecular formula is C13H23N3S2. The summed E-state index contributed by atoms with van der Waals surface area (Å²) >= 11 is 3.40. The maximum atomic E-state index is 4.40. The predicted molar refractivity (Wildman–Crippen MR) is 79.4 cm³/mol. The Morgan fingerprint density at radius 2 is 2.33 bits per heavy atom. The number of aryl methyl sites for hydroxylation is 1. The largest absolute Gasteiger partial charge is 0.314 e. The molecule has 18 heavy (non-hydrogen) atoms. The van der Waals surface area contributed by atoms with Crippen LogP contribution in [0.5, 0.6) is 0 Å². The molecule has 1 saturated carbocycles. The van der Waals surface area contributed by atoms with Gasteiger partial charge in [-0.15, -0.1) is 0 Å². The Bertz CT molecular complexity index is 354. The fourth-order valence-corrected chi connectivity index (χ4v) is 4.40. The lowest BCUT2D eigenvalue weighted by Gasteiger charge is -2.20. The zero-order chi connectivity index (χ0) is 12.8. The van der Waals surface area contributed by atoms with Gasteiger partial charge < -0.3 is 5.32 Å². The summed E-state index contributed by atoms with van der Waals surface area (Å²) in [6.45, 7) is 5.37. The third-order valence-electron chi connectivity index (χ3n) is 3.54. The Hall–Kier alpha value is -0.130. The number of nitrogens with zero attached hydrogens (tertiary/aromatic N) is 2. The van der Waals surface area contributed by atoms with Crippen LogP contribution in [0, 0.1) is 12.8 Å². The molecule has 0 aromatic carbocycles. The van der Waals surface area contributed by atoms with Gasteiger partial charge in [-0.3, -0.25) is 0 Å². The topological polar surface area (TPSA) is 37.8 Å². The van der Waals surface area contributed by atoms with Crippen LogP contribution in [0.2, 0.25) is 0 Å². The molecule has 1 aliphatic rings. The number of thioether (sulfide) groups is 1. The lowest BCUT2D eigenvalue weighted by molar-refractivity contribution is 0.393. The van der Waals surface area contributed by atoms with E-state index in [4.69, 9.17) is 0 Å². The van der Waals surface area contributed by atoms with Crippen molar-refractivity contribution in [2.75, 3.05) is 12.3 Å². The maximum Gasteiger partial charge on any atom is 0.170 e. The van der Waals surface area contributed by atoms with Crippen LogP contribution in [0.4, 0.5) is 0 Å². The Labute approximate surface area is 118 Å². The smallest absolute Gasteiger partial charge is 0.170 e. The average Bonchev–Trinajstić information content (AvgIpc) is 2.96. The normalized spacial score (nSPS) is 23.7. The standard InChI is InChI=1S/C13H23N3S2/c1-3-8-14-12-6-4-5-11(12)7-9-17-13-15-10(2)16-18-13/h11-12,14H,3-9H2,1-2H3. The zero-order valence-corrected chi connectivity index (χ0v) is 12.9. The van der Waals surface area contributed by atoms with Crippen LogP contribution in [0.15, 0.2) is 4.34 Å². The monoisotopic (exact) mass is 285 g/mol. The van der Waals surface area contributed by atoms with E-state index in [0.29, 0.717) is 0 Å². The van der Waals surface area contributed by atoms with Crippen molar-refractivity contribution in [3.8, 4) is 0 Å². The molecule has 102 valence electrons. The molecule has 0 amide bonds. The molecule has 2 atom stereocenters. The molecular weight excluding hydrogens is 262 g/mol. The molecule has 0 saturated heterocycles. The first-order valence-corrected chi connectivity index (χ1v) is 8.72. The summed E-state index contributed by atoms with van der Waals surface area (Å²) in [5, 5.41) is 3.70. The van der Waals surface area contributed by atoms with E-state index in [9.17, 15) is 0 Å². The van der Waals surface area contributed by atoms with E-state index in [-0.39, 0.29) is 0 Å². The van der Waals surface area contributed by atoms with Gasteiger partial charge in [0.25, 0.3) is 0 Å². The summed E-state index contributed by atoms with van der Waals surface area (Å²) < 4.78 is 5.35. The first-order chi connectivity index (χ1) is 8.79. The van der Waals surface area contributed by atoms with Gasteiger partial charge in [0.05, 0.1) is 0 Å². The van der Waals surface area contributed by atoms with Gasteiger partial charge in [-0.2, -0.15) is 4.37 Å². The predicted octanol–water partition coefficient (Wildman–Crippen LogP) is 3.50. The minimum absolute atomic E-state index is 0.765. The van der Waals surface area contributed by atoms with Gasteiger partial charge in [0.15, 0.2) is 4.34 Å². The summed E-state index contributed by atoms with van der Waals surface area (Å²) in [6.07, 6.45) is 6.71. The summed E-state index contributed by atoms with van der Waals surface area (Å²) in [7, 11) is 0. The Kier molecular flexibility index (Phi) is 5.92. The van der Waals surface area contributed by atoms with Crippen molar-refractivity contribution in [3.63, 3.8) is 0 Å².